The van der Waals surface area contributed by atoms with Crippen molar-refractivity contribution in [2.75, 3.05) is 13.7 Å². The molecule has 1 aromatic rings. The summed E-state index contributed by atoms with van der Waals surface area (Å²) in [5.41, 5.74) is 0.755. The minimum absolute atomic E-state index is 0.0804. The average Bonchev–Trinajstić information content (AvgIpc) is 2.72. The van der Waals surface area contributed by atoms with Crippen molar-refractivity contribution >= 4 is 17.7 Å². The molecule has 1 aromatic carbocycles. The van der Waals surface area contributed by atoms with Crippen molar-refractivity contribution in [1.82, 2.24) is 5.32 Å². The molecular weight excluding hydrogens is 427 g/mol. The van der Waals surface area contributed by atoms with E-state index in [4.69, 9.17) is 9.47 Å². The summed E-state index contributed by atoms with van der Waals surface area (Å²) in [7, 11) is 1.19. The van der Waals surface area contributed by atoms with Crippen LogP contribution in [0.5, 0.6) is 0 Å². The molecule has 0 amide bonds. The maximum absolute atomic E-state index is 13.5. The molecule has 3 atom stereocenters. The van der Waals surface area contributed by atoms with Gasteiger partial charge in [-0.1, -0.05) is 19.1 Å². The molecule has 0 saturated carbocycles. The van der Waals surface area contributed by atoms with E-state index < -0.39 is 41.3 Å². The van der Waals surface area contributed by atoms with Crippen molar-refractivity contribution in [2.24, 2.45) is 11.8 Å². The molecule has 1 N–H and O–H groups in total. The highest BCUT2D eigenvalue weighted by atomic mass is 19.4. The molecule has 0 unspecified atom stereocenters. The zero-order valence-corrected chi connectivity index (χ0v) is 18.1. The number of ketones is 1. The molecule has 0 fully saturated rings. The van der Waals surface area contributed by atoms with Gasteiger partial charge in [0.2, 0.25) is 0 Å². The number of methoxy groups -OCH3 is 1. The topological polar surface area (TPSA) is 81.7 Å². The number of allylic oxidation sites excluding steroid dienone is 3. The lowest BCUT2D eigenvalue weighted by Gasteiger charge is -2.38. The largest absolute Gasteiger partial charge is 0.468 e. The molecule has 1 heterocycles. The normalized spacial score (nSPS) is 23.5. The third kappa shape index (κ3) is 4.16. The maximum atomic E-state index is 13.5. The van der Waals surface area contributed by atoms with Crippen LogP contribution >= 0.6 is 0 Å². The van der Waals surface area contributed by atoms with Gasteiger partial charge < -0.3 is 14.8 Å². The molecule has 32 heavy (non-hydrogen) atoms. The van der Waals surface area contributed by atoms with Gasteiger partial charge in [-0.2, -0.15) is 13.2 Å². The zero-order valence-electron chi connectivity index (χ0n) is 18.1. The molecule has 172 valence electrons. The Morgan fingerprint density at radius 1 is 1.19 bits per heavy atom. The van der Waals surface area contributed by atoms with Gasteiger partial charge in [0.1, 0.15) is 5.92 Å². The predicted molar refractivity (Wildman–Crippen MR) is 108 cm³/mol. The second-order valence-corrected chi connectivity index (χ2v) is 7.88. The van der Waals surface area contributed by atoms with E-state index in [1.54, 1.807) is 20.8 Å². The summed E-state index contributed by atoms with van der Waals surface area (Å²) >= 11 is 0. The van der Waals surface area contributed by atoms with Gasteiger partial charge in [-0.05, 0) is 43.9 Å². The van der Waals surface area contributed by atoms with Crippen molar-refractivity contribution in [2.45, 2.75) is 39.3 Å². The SMILES string of the molecule is CCOC(=O)C1=C(C)NC2=C(C(=O)[C@@H](C(=O)OC)[C@H](C)C2)[C@H]1c1ccc(C(F)(F)F)cc1. The van der Waals surface area contributed by atoms with E-state index >= 15 is 0 Å². The van der Waals surface area contributed by atoms with E-state index in [-0.39, 0.29) is 23.7 Å². The van der Waals surface area contributed by atoms with E-state index in [0.29, 0.717) is 23.4 Å². The lowest BCUT2D eigenvalue weighted by atomic mass is 9.69. The van der Waals surface area contributed by atoms with Gasteiger partial charge in [-0.3, -0.25) is 9.59 Å². The second kappa shape index (κ2) is 8.80. The van der Waals surface area contributed by atoms with Crippen LogP contribution < -0.4 is 5.32 Å². The van der Waals surface area contributed by atoms with Gasteiger partial charge in [0.05, 0.1) is 24.9 Å². The van der Waals surface area contributed by atoms with Crippen LogP contribution in [0.4, 0.5) is 13.2 Å². The summed E-state index contributed by atoms with van der Waals surface area (Å²) in [4.78, 5) is 38.6. The van der Waals surface area contributed by atoms with Crippen LogP contribution in [0.1, 0.15) is 44.2 Å². The molecule has 6 nitrogen and oxygen atoms in total. The van der Waals surface area contributed by atoms with Crippen LogP contribution in [0.15, 0.2) is 46.8 Å². The van der Waals surface area contributed by atoms with Crippen molar-refractivity contribution in [3.63, 3.8) is 0 Å². The summed E-state index contributed by atoms with van der Waals surface area (Å²) in [6.45, 7) is 5.10. The Hall–Kier alpha value is -3.10. The van der Waals surface area contributed by atoms with Crippen LogP contribution in [0.3, 0.4) is 0 Å². The molecule has 0 saturated heterocycles. The summed E-state index contributed by atoms with van der Waals surface area (Å²) in [6.07, 6.45) is -4.19. The fourth-order valence-corrected chi connectivity index (χ4v) is 4.36. The Balaban J connectivity index is 2.18. The molecule has 9 heteroatoms. The van der Waals surface area contributed by atoms with Crippen molar-refractivity contribution in [1.29, 1.82) is 0 Å². The average molecular weight is 451 g/mol. The molecule has 0 radical (unpaired) electrons. The number of rotatable bonds is 4. The quantitative estimate of drug-likeness (QED) is 0.553. The number of halogens is 3. The fourth-order valence-electron chi connectivity index (χ4n) is 4.36. The van der Waals surface area contributed by atoms with Crippen LogP contribution in [0.25, 0.3) is 0 Å². The number of alkyl halides is 3. The Kier molecular flexibility index (Phi) is 6.48. The van der Waals surface area contributed by atoms with Gasteiger partial charge in [0, 0.05) is 22.9 Å². The van der Waals surface area contributed by atoms with Crippen molar-refractivity contribution < 1.29 is 37.0 Å². The van der Waals surface area contributed by atoms with Crippen LogP contribution in [-0.4, -0.2) is 31.4 Å². The third-order valence-corrected chi connectivity index (χ3v) is 5.81. The summed E-state index contributed by atoms with van der Waals surface area (Å²) < 4.78 is 49.2. The Labute approximate surface area is 183 Å². The number of carbonyl (C=O) groups is 3. The fraction of sp³-hybridized carbons (Fsp3) is 0.435. The zero-order chi connectivity index (χ0) is 23.8. The minimum Gasteiger partial charge on any atom is -0.468 e. The number of benzene rings is 1. The molecule has 0 spiro atoms. The van der Waals surface area contributed by atoms with Crippen molar-refractivity contribution in [3.8, 4) is 0 Å². The number of hydrogen-bond acceptors (Lipinski definition) is 6. The number of nitrogens with one attached hydrogen (secondary N) is 1. The lowest BCUT2D eigenvalue weighted by molar-refractivity contribution is -0.151. The highest BCUT2D eigenvalue weighted by Crippen LogP contribution is 2.45. The van der Waals surface area contributed by atoms with Crippen LogP contribution in [0.2, 0.25) is 0 Å². The second-order valence-electron chi connectivity index (χ2n) is 7.88. The number of ether oxygens (including phenoxy) is 2. The Morgan fingerprint density at radius 2 is 1.81 bits per heavy atom. The number of hydrogen-bond donors (Lipinski definition) is 1. The van der Waals surface area contributed by atoms with E-state index in [1.165, 1.54) is 19.2 Å². The predicted octanol–water partition coefficient (Wildman–Crippen LogP) is 3.88. The standard InChI is InChI=1S/C23H24F3NO5/c1-5-32-22(30)17-12(3)27-15-10-11(2)16(21(29)31-4)20(28)19(15)18(17)13-6-8-14(9-7-13)23(24,25)26/h6-9,11,16,18,27H,5,10H2,1-4H3/t11-,16+,18+/m1/s1. The first kappa shape index (κ1) is 23.6. The molecule has 0 bridgehead atoms. The Bertz CT molecular complexity index is 1010. The number of esters is 2. The maximum Gasteiger partial charge on any atom is 0.416 e. The van der Waals surface area contributed by atoms with E-state index in [1.807, 2.05) is 0 Å². The summed E-state index contributed by atoms with van der Waals surface area (Å²) in [5, 5.41) is 3.09. The molecule has 1 aliphatic heterocycles. The highest BCUT2D eigenvalue weighted by molar-refractivity contribution is 6.12. The van der Waals surface area contributed by atoms with Crippen LogP contribution in [-0.2, 0) is 30.0 Å². The summed E-state index contributed by atoms with van der Waals surface area (Å²) in [6, 6.07) is 4.30. The molecule has 1 aliphatic carbocycles. The first-order chi connectivity index (χ1) is 15.0. The number of carbonyl (C=O) groups excluding carboxylic acids is 3. The third-order valence-electron chi connectivity index (χ3n) is 5.81. The molecule has 0 aromatic heterocycles. The van der Waals surface area contributed by atoms with E-state index in [9.17, 15) is 27.6 Å². The monoisotopic (exact) mass is 451 g/mol. The Morgan fingerprint density at radius 3 is 2.34 bits per heavy atom. The van der Waals surface area contributed by atoms with Gasteiger partial charge in [-0.25, -0.2) is 4.79 Å². The molecule has 2 aliphatic rings. The number of Topliss-reactive ketones (excluding diaryl/α,β-unsaturated/α-hetero) is 1. The van der Waals surface area contributed by atoms with Gasteiger partial charge in [-0.15, -0.1) is 0 Å². The van der Waals surface area contributed by atoms with Crippen molar-refractivity contribution in [3.05, 3.63) is 57.9 Å². The first-order valence-electron chi connectivity index (χ1n) is 10.2. The number of dihydropyridines is 1. The minimum atomic E-state index is -4.53. The van der Waals surface area contributed by atoms with E-state index in [0.717, 1.165) is 12.1 Å². The van der Waals surface area contributed by atoms with E-state index in [2.05, 4.69) is 5.32 Å². The highest BCUT2D eigenvalue weighted by Gasteiger charge is 2.47. The molecule has 3 rings (SSSR count). The summed E-state index contributed by atoms with van der Waals surface area (Å²) in [5.74, 6) is -4.29. The smallest absolute Gasteiger partial charge is 0.416 e. The van der Waals surface area contributed by atoms with Crippen LogP contribution in [0, 0.1) is 11.8 Å². The van der Waals surface area contributed by atoms with Gasteiger partial charge >= 0.3 is 18.1 Å². The lowest BCUT2D eigenvalue weighted by Crippen LogP contribution is -2.43. The van der Waals surface area contributed by atoms with Gasteiger partial charge in [0.15, 0.2) is 5.78 Å². The first-order valence-corrected chi connectivity index (χ1v) is 10.2. The van der Waals surface area contributed by atoms with Gasteiger partial charge in [0.25, 0.3) is 0 Å². The molecular formula is C23H24F3NO5.